The Labute approximate surface area is 228 Å². The van der Waals surface area contributed by atoms with Crippen LogP contribution >= 0.6 is 0 Å². The molecule has 0 radical (unpaired) electrons. The number of halogens is 2. The van der Waals surface area contributed by atoms with Gasteiger partial charge in [0, 0.05) is 55.6 Å². The maximum Gasteiger partial charge on any atom is 0.410 e. The van der Waals surface area contributed by atoms with Gasteiger partial charge in [-0.3, -0.25) is 9.69 Å². The number of hydrogen-bond acceptors (Lipinski definition) is 7. The van der Waals surface area contributed by atoms with Crippen molar-refractivity contribution in [2.75, 3.05) is 19.6 Å². The lowest BCUT2D eigenvalue weighted by Gasteiger charge is -2.54. The highest BCUT2D eigenvalue weighted by atomic mass is 19.3. The zero-order chi connectivity index (χ0) is 28.4. The van der Waals surface area contributed by atoms with Crippen molar-refractivity contribution in [2.45, 2.75) is 121 Å². The Hall–Kier alpha value is -2.30. The van der Waals surface area contributed by atoms with Gasteiger partial charge in [0.15, 0.2) is 5.82 Å². The number of rotatable bonds is 4. The third kappa shape index (κ3) is 5.15. The number of ether oxygens (including phenoxy) is 1. The molecule has 2 saturated heterocycles. The number of likely N-dealkylation sites (tertiary alicyclic amines) is 2. The van der Waals surface area contributed by atoms with E-state index in [4.69, 9.17) is 9.26 Å². The maximum absolute atomic E-state index is 13.9. The van der Waals surface area contributed by atoms with E-state index in [1.54, 1.807) is 30.6 Å². The van der Waals surface area contributed by atoms with E-state index in [1.165, 1.54) is 0 Å². The predicted octanol–water partition coefficient (Wildman–Crippen LogP) is 4.64. The molecule has 3 heterocycles. The summed E-state index contributed by atoms with van der Waals surface area (Å²) >= 11 is 0. The first-order valence-electron chi connectivity index (χ1n) is 14.3. The summed E-state index contributed by atoms with van der Waals surface area (Å²) in [4.78, 5) is 35.0. The average molecular weight is 553 g/mol. The molecule has 1 spiro atoms. The Kier molecular flexibility index (Phi) is 7.00. The fraction of sp³-hybridized carbons (Fsp3) is 0.857. The van der Waals surface area contributed by atoms with E-state index in [0.717, 1.165) is 19.3 Å². The van der Waals surface area contributed by atoms with Gasteiger partial charge in [0.25, 0.3) is 0 Å². The van der Waals surface area contributed by atoms with Gasteiger partial charge in [0.05, 0.1) is 6.10 Å². The van der Waals surface area contributed by atoms with E-state index >= 15 is 0 Å². The number of amides is 2. The number of aromatic nitrogens is 2. The van der Waals surface area contributed by atoms with E-state index in [9.17, 15) is 23.5 Å². The van der Waals surface area contributed by atoms with Gasteiger partial charge in [-0.15, -0.1) is 0 Å². The van der Waals surface area contributed by atoms with E-state index < -0.39 is 41.1 Å². The Morgan fingerprint density at radius 2 is 1.77 bits per heavy atom. The van der Waals surface area contributed by atoms with Crippen LogP contribution < -0.4 is 0 Å². The second kappa shape index (κ2) is 9.66. The number of aliphatic hydroxyl groups is 1. The Morgan fingerprint density at radius 1 is 1.13 bits per heavy atom. The van der Waals surface area contributed by atoms with Gasteiger partial charge in [-0.2, -0.15) is 4.98 Å². The number of aliphatic hydroxyl groups excluding tert-OH is 1. The van der Waals surface area contributed by atoms with Crippen LogP contribution in [0, 0.1) is 11.3 Å². The molecular weight excluding hydrogens is 510 g/mol. The van der Waals surface area contributed by atoms with Crippen LogP contribution in [0.5, 0.6) is 0 Å². The second-order valence-corrected chi connectivity index (χ2v) is 13.6. The lowest BCUT2D eigenvalue weighted by molar-refractivity contribution is -0.153. The van der Waals surface area contributed by atoms with Crippen LogP contribution in [0.3, 0.4) is 0 Å². The molecule has 0 bridgehead atoms. The SMILES string of the molecule is CC(C)C1(c2noc(C3CC(F)(F)C3)n2)CCN(C(=O)[C@@H]2C[C@@H](O)C3(CCC3)CN2C(=O)OC(C)(C)C)CC1. The summed E-state index contributed by atoms with van der Waals surface area (Å²) in [7, 11) is 0. The number of hydrogen-bond donors (Lipinski definition) is 1. The molecule has 1 N–H and O–H groups in total. The fourth-order valence-electron chi connectivity index (χ4n) is 6.85. The van der Waals surface area contributed by atoms with Gasteiger partial charge >= 0.3 is 6.09 Å². The smallest absolute Gasteiger partial charge is 0.410 e. The van der Waals surface area contributed by atoms with Gasteiger partial charge in [0.2, 0.25) is 17.7 Å². The van der Waals surface area contributed by atoms with Gasteiger partial charge in [-0.1, -0.05) is 25.4 Å². The summed E-state index contributed by atoms with van der Waals surface area (Å²) in [5.41, 5.74) is -1.50. The molecule has 2 aliphatic carbocycles. The summed E-state index contributed by atoms with van der Waals surface area (Å²) in [5.74, 6) is -2.34. The quantitative estimate of drug-likeness (QED) is 0.580. The first kappa shape index (κ1) is 28.2. The molecule has 2 atom stereocenters. The zero-order valence-corrected chi connectivity index (χ0v) is 23.7. The number of alkyl halides is 2. The van der Waals surface area contributed by atoms with Crippen LogP contribution in [0.2, 0.25) is 0 Å². The van der Waals surface area contributed by atoms with Crippen LogP contribution in [0.1, 0.15) is 104 Å². The Bertz CT molecular complexity index is 1080. The van der Waals surface area contributed by atoms with Crippen molar-refractivity contribution >= 4 is 12.0 Å². The molecule has 5 rings (SSSR count). The molecule has 2 saturated carbocycles. The Balaban J connectivity index is 1.30. The van der Waals surface area contributed by atoms with Crippen LogP contribution in [0.15, 0.2) is 4.52 Å². The largest absolute Gasteiger partial charge is 0.444 e. The van der Waals surface area contributed by atoms with Gasteiger partial charge in [-0.05, 0) is 52.4 Å². The number of piperidine rings is 2. The molecule has 11 heteroatoms. The highest BCUT2D eigenvalue weighted by Crippen LogP contribution is 2.50. The fourth-order valence-corrected chi connectivity index (χ4v) is 6.85. The van der Waals surface area contributed by atoms with Crippen LogP contribution in [-0.2, 0) is 14.9 Å². The highest BCUT2D eigenvalue weighted by Gasteiger charge is 2.55. The summed E-state index contributed by atoms with van der Waals surface area (Å²) in [6.07, 6.45) is 2.34. The molecule has 4 aliphatic rings. The zero-order valence-electron chi connectivity index (χ0n) is 23.7. The number of carbonyl (C=O) groups is 2. The van der Waals surface area contributed by atoms with Crippen LogP contribution in [0.25, 0.3) is 0 Å². The molecule has 2 aliphatic heterocycles. The van der Waals surface area contributed by atoms with E-state index in [1.807, 2.05) is 0 Å². The van der Waals surface area contributed by atoms with E-state index in [0.29, 0.717) is 38.3 Å². The highest BCUT2D eigenvalue weighted by molar-refractivity contribution is 5.86. The third-order valence-corrected chi connectivity index (χ3v) is 9.68. The third-order valence-electron chi connectivity index (χ3n) is 9.68. The number of nitrogens with zero attached hydrogens (tertiary/aromatic N) is 4. The summed E-state index contributed by atoms with van der Waals surface area (Å²) < 4.78 is 37.9. The van der Waals surface area contributed by atoms with Crippen LogP contribution in [-0.4, -0.2) is 80.4 Å². The molecule has 2 amide bonds. The molecule has 0 aromatic carbocycles. The molecule has 9 nitrogen and oxygen atoms in total. The molecule has 1 aromatic heterocycles. The van der Waals surface area contributed by atoms with Gasteiger partial charge in [0.1, 0.15) is 11.6 Å². The van der Waals surface area contributed by atoms with Crippen molar-refractivity contribution in [3.05, 3.63) is 11.7 Å². The standard InChI is InChI=1S/C28H42F2N4O5/c1-17(2)27(23-31-21(39-32-23)18-14-28(29,30)15-18)9-11-33(12-10-27)22(36)19-13-20(35)26(7-6-8-26)16-34(19)24(37)38-25(3,4)5/h17-20,35H,6-16H2,1-5H3/t19-,20+/m0/s1. The van der Waals surface area contributed by atoms with Crippen molar-refractivity contribution in [3.8, 4) is 0 Å². The minimum absolute atomic E-state index is 0.135. The van der Waals surface area contributed by atoms with E-state index in [2.05, 4.69) is 24.0 Å². The average Bonchev–Trinajstić information content (AvgIpc) is 3.30. The summed E-state index contributed by atoms with van der Waals surface area (Å²) in [5, 5.41) is 15.2. The van der Waals surface area contributed by atoms with E-state index in [-0.39, 0.29) is 42.4 Å². The van der Waals surface area contributed by atoms with Crippen molar-refractivity contribution in [1.82, 2.24) is 19.9 Å². The number of carbonyl (C=O) groups excluding carboxylic acids is 2. The molecular formula is C28H42F2N4O5. The summed E-state index contributed by atoms with van der Waals surface area (Å²) in [6, 6.07) is -0.787. The molecule has 0 unspecified atom stereocenters. The van der Waals surface area contributed by atoms with Crippen molar-refractivity contribution in [1.29, 1.82) is 0 Å². The normalized spacial score (nSPS) is 28.2. The van der Waals surface area contributed by atoms with Crippen molar-refractivity contribution < 1.29 is 32.7 Å². The first-order valence-corrected chi connectivity index (χ1v) is 14.3. The minimum Gasteiger partial charge on any atom is -0.444 e. The van der Waals surface area contributed by atoms with Crippen LogP contribution in [0.4, 0.5) is 13.6 Å². The maximum atomic E-state index is 13.9. The molecule has 39 heavy (non-hydrogen) atoms. The molecule has 218 valence electrons. The van der Waals surface area contributed by atoms with Gasteiger partial charge < -0.3 is 19.3 Å². The van der Waals surface area contributed by atoms with Crippen molar-refractivity contribution in [2.24, 2.45) is 11.3 Å². The van der Waals surface area contributed by atoms with Gasteiger partial charge in [-0.25, -0.2) is 13.6 Å². The molecule has 1 aromatic rings. The first-order chi connectivity index (χ1) is 18.1. The monoisotopic (exact) mass is 552 g/mol. The van der Waals surface area contributed by atoms with Crippen molar-refractivity contribution in [3.63, 3.8) is 0 Å². The topological polar surface area (TPSA) is 109 Å². The summed E-state index contributed by atoms with van der Waals surface area (Å²) in [6.45, 7) is 10.7. The predicted molar refractivity (Wildman–Crippen MR) is 137 cm³/mol. The molecule has 4 fully saturated rings. The second-order valence-electron chi connectivity index (χ2n) is 13.6. The lowest BCUT2D eigenvalue weighted by atomic mass is 9.61. The lowest BCUT2D eigenvalue weighted by Crippen LogP contribution is -2.65. The minimum atomic E-state index is -2.67. The Morgan fingerprint density at radius 3 is 2.28 bits per heavy atom.